The van der Waals surface area contributed by atoms with Crippen LogP contribution in [0.5, 0.6) is 0 Å². The first-order valence-corrected chi connectivity index (χ1v) is 6.84. The normalized spacial score (nSPS) is 14.8. The van der Waals surface area contributed by atoms with E-state index in [1.807, 2.05) is 6.92 Å². The summed E-state index contributed by atoms with van der Waals surface area (Å²) < 4.78 is 0. The van der Waals surface area contributed by atoms with Crippen LogP contribution in [0.15, 0.2) is 29.4 Å². The summed E-state index contributed by atoms with van der Waals surface area (Å²) in [7, 11) is 0. The first kappa shape index (κ1) is 14.2. The van der Waals surface area contributed by atoms with E-state index >= 15 is 0 Å². The molecular formula is C15H19N3O2. The molecule has 0 radical (unpaired) electrons. The van der Waals surface area contributed by atoms with Gasteiger partial charge in [0.15, 0.2) is 0 Å². The molecule has 0 saturated heterocycles. The number of anilines is 1. The van der Waals surface area contributed by atoms with Gasteiger partial charge in [-0.2, -0.15) is 5.10 Å². The molecule has 1 fully saturated rings. The van der Waals surface area contributed by atoms with Gasteiger partial charge in [0.1, 0.15) is 0 Å². The molecule has 0 aromatic heterocycles. The van der Waals surface area contributed by atoms with Crippen LogP contribution in [0.1, 0.15) is 43.5 Å². The van der Waals surface area contributed by atoms with E-state index < -0.39 is 0 Å². The van der Waals surface area contributed by atoms with Crippen molar-refractivity contribution in [3.8, 4) is 0 Å². The minimum Gasteiger partial charge on any atom is -0.326 e. The molecule has 0 aliphatic heterocycles. The molecule has 0 atom stereocenters. The van der Waals surface area contributed by atoms with Gasteiger partial charge in [0.2, 0.25) is 5.91 Å². The van der Waals surface area contributed by atoms with Crippen LogP contribution >= 0.6 is 0 Å². The first-order chi connectivity index (χ1) is 9.60. The number of hydrogen-bond donors (Lipinski definition) is 2. The predicted molar refractivity (Wildman–Crippen MR) is 78.7 cm³/mol. The lowest BCUT2D eigenvalue weighted by Crippen LogP contribution is -2.19. The molecule has 1 saturated carbocycles. The molecule has 106 valence electrons. The zero-order valence-corrected chi connectivity index (χ0v) is 11.8. The Hall–Kier alpha value is -2.17. The van der Waals surface area contributed by atoms with Crippen molar-refractivity contribution in [1.29, 1.82) is 0 Å². The molecular weight excluding hydrogens is 254 g/mol. The van der Waals surface area contributed by atoms with Crippen molar-refractivity contribution in [2.24, 2.45) is 11.0 Å². The van der Waals surface area contributed by atoms with E-state index in [1.54, 1.807) is 31.2 Å². The van der Waals surface area contributed by atoms with E-state index in [9.17, 15) is 9.59 Å². The number of hydrazone groups is 1. The van der Waals surface area contributed by atoms with Gasteiger partial charge in [-0.05, 0) is 49.9 Å². The quantitative estimate of drug-likeness (QED) is 0.639. The minimum absolute atomic E-state index is 0.0492. The van der Waals surface area contributed by atoms with E-state index in [-0.39, 0.29) is 11.8 Å². The largest absolute Gasteiger partial charge is 0.326 e. The fourth-order valence-electron chi connectivity index (χ4n) is 1.75. The average Bonchev–Trinajstić information content (AvgIpc) is 3.29. The Morgan fingerprint density at radius 2 is 1.90 bits per heavy atom. The van der Waals surface area contributed by atoms with Crippen molar-refractivity contribution in [2.75, 3.05) is 5.32 Å². The van der Waals surface area contributed by atoms with Crippen LogP contribution in [0.3, 0.4) is 0 Å². The van der Waals surface area contributed by atoms with Gasteiger partial charge in [-0.25, -0.2) is 5.43 Å². The second-order valence-electron chi connectivity index (χ2n) is 4.95. The van der Waals surface area contributed by atoms with Gasteiger partial charge in [-0.3, -0.25) is 9.59 Å². The smallest absolute Gasteiger partial charge is 0.271 e. The number of nitrogens with zero attached hydrogens (tertiary/aromatic N) is 1. The van der Waals surface area contributed by atoms with E-state index in [1.165, 1.54) is 0 Å². The van der Waals surface area contributed by atoms with Crippen LogP contribution in [-0.4, -0.2) is 17.5 Å². The third-order valence-corrected chi connectivity index (χ3v) is 3.25. The number of hydrogen-bond acceptors (Lipinski definition) is 3. The fraction of sp³-hybridized carbons (Fsp3) is 0.400. The Balaban J connectivity index is 1.93. The molecule has 5 heteroatoms. The summed E-state index contributed by atoms with van der Waals surface area (Å²) >= 11 is 0. The van der Waals surface area contributed by atoms with E-state index in [0.717, 1.165) is 18.6 Å². The predicted octanol–water partition coefficient (Wildman–Crippen LogP) is 2.55. The molecule has 0 heterocycles. The van der Waals surface area contributed by atoms with Crippen LogP contribution in [0, 0.1) is 5.92 Å². The monoisotopic (exact) mass is 273 g/mol. The van der Waals surface area contributed by atoms with Crippen LogP contribution in [-0.2, 0) is 4.79 Å². The highest BCUT2D eigenvalue weighted by Crippen LogP contribution is 2.30. The van der Waals surface area contributed by atoms with Crippen molar-refractivity contribution < 1.29 is 9.59 Å². The fourth-order valence-corrected chi connectivity index (χ4v) is 1.75. The maximum absolute atomic E-state index is 11.9. The highest BCUT2D eigenvalue weighted by Gasteiger charge is 2.24. The van der Waals surface area contributed by atoms with Gasteiger partial charge < -0.3 is 5.32 Å². The lowest BCUT2D eigenvalue weighted by atomic mass is 10.2. The number of benzene rings is 1. The topological polar surface area (TPSA) is 70.6 Å². The summed E-state index contributed by atoms with van der Waals surface area (Å²) in [6.07, 6.45) is 2.76. The lowest BCUT2D eigenvalue weighted by Gasteiger charge is -2.05. The van der Waals surface area contributed by atoms with E-state index in [4.69, 9.17) is 0 Å². The second-order valence-corrected chi connectivity index (χ2v) is 4.95. The summed E-state index contributed by atoms with van der Waals surface area (Å²) in [5, 5.41) is 6.83. The number of nitrogens with one attached hydrogen (secondary N) is 2. The molecule has 1 aliphatic rings. The summed E-state index contributed by atoms with van der Waals surface area (Å²) in [6, 6.07) is 6.75. The number of carbonyl (C=O) groups is 2. The SMILES string of the molecule is CCC(=O)Nc1ccc(C(=O)NN=C(C)C2CC2)cc1. The number of carbonyl (C=O) groups excluding carboxylic acids is 2. The third-order valence-electron chi connectivity index (χ3n) is 3.25. The Morgan fingerprint density at radius 1 is 1.25 bits per heavy atom. The van der Waals surface area contributed by atoms with Gasteiger partial charge in [0.25, 0.3) is 5.91 Å². The maximum Gasteiger partial charge on any atom is 0.271 e. The molecule has 2 N–H and O–H groups in total. The Kier molecular flexibility index (Phi) is 4.50. The summed E-state index contributed by atoms with van der Waals surface area (Å²) in [4.78, 5) is 23.1. The average molecular weight is 273 g/mol. The van der Waals surface area contributed by atoms with Crippen LogP contribution < -0.4 is 10.7 Å². The zero-order chi connectivity index (χ0) is 14.5. The second kappa shape index (κ2) is 6.32. The molecule has 1 aromatic rings. The van der Waals surface area contributed by atoms with Crippen molar-refractivity contribution in [2.45, 2.75) is 33.1 Å². The Bertz CT molecular complexity index is 531. The minimum atomic E-state index is -0.238. The lowest BCUT2D eigenvalue weighted by molar-refractivity contribution is -0.115. The maximum atomic E-state index is 11.9. The number of rotatable bonds is 5. The van der Waals surface area contributed by atoms with Gasteiger partial charge in [0.05, 0.1) is 0 Å². The highest BCUT2D eigenvalue weighted by molar-refractivity contribution is 5.96. The van der Waals surface area contributed by atoms with E-state index in [0.29, 0.717) is 23.6 Å². The summed E-state index contributed by atoms with van der Waals surface area (Å²) in [5.41, 5.74) is 4.74. The molecule has 0 bridgehead atoms. The molecule has 1 aliphatic carbocycles. The van der Waals surface area contributed by atoms with Crippen molar-refractivity contribution >= 4 is 23.2 Å². The zero-order valence-electron chi connectivity index (χ0n) is 11.8. The van der Waals surface area contributed by atoms with Crippen LogP contribution in [0.25, 0.3) is 0 Å². The van der Waals surface area contributed by atoms with Crippen LogP contribution in [0.2, 0.25) is 0 Å². The highest BCUT2D eigenvalue weighted by atomic mass is 16.2. The van der Waals surface area contributed by atoms with Crippen LogP contribution in [0.4, 0.5) is 5.69 Å². The molecule has 2 rings (SSSR count). The summed E-state index contributed by atoms with van der Waals surface area (Å²) in [5.74, 6) is 0.257. The van der Waals surface area contributed by atoms with Crippen molar-refractivity contribution in [3.63, 3.8) is 0 Å². The third kappa shape index (κ3) is 3.91. The standard InChI is InChI=1S/C15H19N3O2/c1-3-14(19)16-13-8-6-12(7-9-13)15(20)18-17-10(2)11-4-5-11/h6-9,11H,3-5H2,1-2H3,(H,16,19)(H,18,20). The summed E-state index contributed by atoms with van der Waals surface area (Å²) in [6.45, 7) is 3.72. The van der Waals surface area contributed by atoms with E-state index in [2.05, 4.69) is 15.8 Å². The molecule has 0 unspecified atom stereocenters. The molecule has 1 aromatic carbocycles. The van der Waals surface area contributed by atoms with Crippen molar-refractivity contribution in [1.82, 2.24) is 5.43 Å². The first-order valence-electron chi connectivity index (χ1n) is 6.84. The van der Waals surface area contributed by atoms with Gasteiger partial charge in [-0.1, -0.05) is 6.92 Å². The Morgan fingerprint density at radius 3 is 2.45 bits per heavy atom. The van der Waals surface area contributed by atoms with Gasteiger partial charge in [0, 0.05) is 23.4 Å². The number of amides is 2. The van der Waals surface area contributed by atoms with Crippen molar-refractivity contribution in [3.05, 3.63) is 29.8 Å². The van der Waals surface area contributed by atoms with Gasteiger partial charge >= 0.3 is 0 Å². The molecule has 2 amide bonds. The molecule has 20 heavy (non-hydrogen) atoms. The molecule has 0 spiro atoms. The molecule has 5 nitrogen and oxygen atoms in total. The van der Waals surface area contributed by atoms with Gasteiger partial charge in [-0.15, -0.1) is 0 Å². The Labute approximate surface area is 118 Å².